The fourth-order valence-electron chi connectivity index (χ4n) is 1.65. The van der Waals surface area contributed by atoms with E-state index in [1.165, 1.54) is 0 Å². The normalized spacial score (nSPS) is 39.5. The maximum atomic E-state index is 9.94. The smallest absolute Gasteiger partial charge is 0.112 e. The zero-order valence-electron chi connectivity index (χ0n) is 9.03. The van der Waals surface area contributed by atoms with Gasteiger partial charge in [0.15, 0.2) is 0 Å². The Kier molecular flexibility index (Phi) is 2.48. The molecule has 3 nitrogen and oxygen atoms in total. The molecule has 1 heterocycles. The summed E-state index contributed by atoms with van der Waals surface area (Å²) in [5.74, 6) is 0. The van der Waals surface area contributed by atoms with Crippen molar-refractivity contribution < 1.29 is 14.9 Å². The van der Waals surface area contributed by atoms with Gasteiger partial charge in [0.25, 0.3) is 0 Å². The summed E-state index contributed by atoms with van der Waals surface area (Å²) in [6, 6.07) is 0. The van der Waals surface area contributed by atoms with E-state index in [1.54, 1.807) is 13.8 Å². The van der Waals surface area contributed by atoms with Crippen molar-refractivity contribution in [3.8, 4) is 0 Å². The van der Waals surface area contributed by atoms with Gasteiger partial charge in [0.2, 0.25) is 0 Å². The average molecular weight is 188 g/mol. The second-order valence-corrected chi connectivity index (χ2v) is 5.12. The lowest BCUT2D eigenvalue weighted by Crippen LogP contribution is -2.45. The van der Waals surface area contributed by atoms with Gasteiger partial charge < -0.3 is 14.9 Å². The predicted molar refractivity (Wildman–Crippen MR) is 50.4 cm³/mol. The van der Waals surface area contributed by atoms with Crippen molar-refractivity contribution in [2.45, 2.75) is 58.5 Å². The quantitative estimate of drug-likeness (QED) is 0.643. The van der Waals surface area contributed by atoms with Crippen LogP contribution in [0, 0.1) is 5.41 Å². The summed E-state index contributed by atoms with van der Waals surface area (Å²) in [5.41, 5.74) is -1.27. The molecule has 3 atom stereocenters. The predicted octanol–water partition coefficient (Wildman–Crippen LogP) is 0.932. The van der Waals surface area contributed by atoms with Crippen LogP contribution in [0.2, 0.25) is 0 Å². The largest absolute Gasteiger partial charge is 0.390 e. The summed E-state index contributed by atoms with van der Waals surface area (Å²) >= 11 is 0. The average Bonchev–Trinajstić information content (AvgIpc) is 2.12. The molecule has 3 heteroatoms. The maximum absolute atomic E-state index is 9.94. The Hall–Kier alpha value is -0.120. The van der Waals surface area contributed by atoms with E-state index in [0.717, 1.165) is 0 Å². The zero-order chi connectivity index (χ0) is 10.4. The minimum Gasteiger partial charge on any atom is -0.390 e. The first-order valence-electron chi connectivity index (χ1n) is 4.73. The van der Waals surface area contributed by atoms with Crippen molar-refractivity contribution in [1.29, 1.82) is 0 Å². The van der Waals surface area contributed by atoms with E-state index in [0.29, 0.717) is 0 Å². The highest BCUT2D eigenvalue weighted by Gasteiger charge is 2.52. The standard InChI is InChI=1S/C10H20O3/c1-6-9(2,3)7(11)8(13-6)10(4,5)12/h6-8,11-12H,1-5H3. The monoisotopic (exact) mass is 188 g/mol. The van der Waals surface area contributed by atoms with Crippen LogP contribution in [0.15, 0.2) is 0 Å². The Morgan fingerprint density at radius 1 is 1.31 bits per heavy atom. The Morgan fingerprint density at radius 3 is 1.92 bits per heavy atom. The van der Waals surface area contributed by atoms with Crippen LogP contribution in [0.1, 0.15) is 34.6 Å². The van der Waals surface area contributed by atoms with Gasteiger partial charge >= 0.3 is 0 Å². The molecule has 1 fully saturated rings. The molecule has 0 bridgehead atoms. The third-order valence-corrected chi connectivity index (χ3v) is 3.14. The topological polar surface area (TPSA) is 49.7 Å². The van der Waals surface area contributed by atoms with Gasteiger partial charge in [-0.05, 0) is 20.8 Å². The van der Waals surface area contributed by atoms with E-state index in [-0.39, 0.29) is 11.5 Å². The lowest BCUT2D eigenvalue weighted by atomic mass is 9.79. The molecule has 0 aliphatic carbocycles. The number of rotatable bonds is 1. The SMILES string of the molecule is CC1OC(C(C)(C)O)C(O)C1(C)C. The number of aliphatic hydroxyl groups is 2. The summed E-state index contributed by atoms with van der Waals surface area (Å²) in [6.07, 6.45) is -1.13. The minimum absolute atomic E-state index is 0.0288. The zero-order valence-corrected chi connectivity index (χ0v) is 9.03. The number of hydrogen-bond donors (Lipinski definition) is 2. The Bertz CT molecular complexity index is 193. The lowest BCUT2D eigenvalue weighted by Gasteiger charge is -2.30. The molecule has 0 saturated carbocycles. The molecular weight excluding hydrogens is 168 g/mol. The Balaban J connectivity index is 2.86. The lowest BCUT2D eigenvalue weighted by molar-refractivity contribution is -0.108. The third kappa shape index (κ3) is 1.73. The van der Waals surface area contributed by atoms with Crippen molar-refractivity contribution in [1.82, 2.24) is 0 Å². The van der Waals surface area contributed by atoms with Crippen LogP contribution < -0.4 is 0 Å². The molecule has 13 heavy (non-hydrogen) atoms. The Morgan fingerprint density at radius 2 is 1.77 bits per heavy atom. The molecular formula is C10H20O3. The van der Waals surface area contributed by atoms with E-state index in [1.807, 2.05) is 20.8 Å². The fourth-order valence-corrected chi connectivity index (χ4v) is 1.65. The minimum atomic E-state index is -0.985. The summed E-state index contributed by atoms with van der Waals surface area (Å²) in [7, 11) is 0. The van der Waals surface area contributed by atoms with Gasteiger partial charge in [0.1, 0.15) is 6.10 Å². The second-order valence-electron chi connectivity index (χ2n) is 5.12. The van der Waals surface area contributed by atoms with Crippen LogP contribution in [0.3, 0.4) is 0 Å². The van der Waals surface area contributed by atoms with E-state index >= 15 is 0 Å². The highest BCUT2D eigenvalue weighted by atomic mass is 16.5. The van der Waals surface area contributed by atoms with Crippen molar-refractivity contribution in [2.24, 2.45) is 5.41 Å². The van der Waals surface area contributed by atoms with Gasteiger partial charge in [-0.2, -0.15) is 0 Å². The highest BCUT2D eigenvalue weighted by Crippen LogP contribution is 2.41. The number of ether oxygens (including phenoxy) is 1. The molecule has 78 valence electrons. The van der Waals surface area contributed by atoms with Gasteiger partial charge in [-0.25, -0.2) is 0 Å². The van der Waals surface area contributed by atoms with Gasteiger partial charge in [-0.1, -0.05) is 13.8 Å². The molecule has 0 radical (unpaired) electrons. The van der Waals surface area contributed by atoms with Crippen LogP contribution in [-0.2, 0) is 4.74 Å². The second kappa shape index (κ2) is 2.94. The first kappa shape index (κ1) is 11.0. The molecule has 0 spiro atoms. The molecule has 1 aliphatic rings. The van der Waals surface area contributed by atoms with Gasteiger partial charge in [-0.3, -0.25) is 0 Å². The molecule has 0 aromatic heterocycles. The molecule has 3 unspecified atom stereocenters. The molecule has 1 saturated heterocycles. The molecule has 1 rings (SSSR count). The first-order valence-corrected chi connectivity index (χ1v) is 4.73. The summed E-state index contributed by atoms with van der Waals surface area (Å²) in [5, 5.41) is 19.7. The van der Waals surface area contributed by atoms with E-state index in [9.17, 15) is 10.2 Å². The van der Waals surface area contributed by atoms with Crippen LogP contribution in [0.25, 0.3) is 0 Å². The van der Waals surface area contributed by atoms with Crippen molar-refractivity contribution in [3.05, 3.63) is 0 Å². The van der Waals surface area contributed by atoms with Crippen LogP contribution >= 0.6 is 0 Å². The van der Waals surface area contributed by atoms with Gasteiger partial charge in [-0.15, -0.1) is 0 Å². The van der Waals surface area contributed by atoms with Crippen molar-refractivity contribution in [3.63, 3.8) is 0 Å². The fraction of sp³-hybridized carbons (Fsp3) is 1.00. The molecule has 2 N–H and O–H groups in total. The third-order valence-electron chi connectivity index (χ3n) is 3.14. The molecule has 0 aromatic carbocycles. The van der Waals surface area contributed by atoms with Crippen molar-refractivity contribution >= 4 is 0 Å². The van der Waals surface area contributed by atoms with Crippen molar-refractivity contribution in [2.75, 3.05) is 0 Å². The molecule has 0 aromatic rings. The summed E-state index contributed by atoms with van der Waals surface area (Å²) < 4.78 is 5.55. The van der Waals surface area contributed by atoms with E-state index < -0.39 is 17.8 Å². The van der Waals surface area contributed by atoms with Gasteiger partial charge in [0, 0.05) is 5.41 Å². The van der Waals surface area contributed by atoms with E-state index in [2.05, 4.69) is 0 Å². The van der Waals surface area contributed by atoms with E-state index in [4.69, 9.17) is 4.74 Å². The number of hydrogen-bond acceptors (Lipinski definition) is 3. The Labute approximate surface area is 79.7 Å². The maximum Gasteiger partial charge on any atom is 0.112 e. The highest BCUT2D eigenvalue weighted by molar-refractivity contribution is 5.00. The number of aliphatic hydroxyl groups excluding tert-OH is 1. The molecule has 0 amide bonds. The van der Waals surface area contributed by atoms with Crippen LogP contribution in [0.5, 0.6) is 0 Å². The van der Waals surface area contributed by atoms with Crippen LogP contribution in [-0.4, -0.2) is 34.1 Å². The summed E-state index contributed by atoms with van der Waals surface area (Å²) in [6.45, 7) is 9.15. The summed E-state index contributed by atoms with van der Waals surface area (Å²) in [4.78, 5) is 0. The molecule has 1 aliphatic heterocycles. The first-order chi connectivity index (χ1) is 5.67. The van der Waals surface area contributed by atoms with Crippen LogP contribution in [0.4, 0.5) is 0 Å². The van der Waals surface area contributed by atoms with Gasteiger partial charge in [0.05, 0.1) is 17.8 Å².